The van der Waals surface area contributed by atoms with Gasteiger partial charge in [0.1, 0.15) is 6.61 Å². The third-order valence-corrected chi connectivity index (χ3v) is 3.73. The van der Waals surface area contributed by atoms with E-state index in [2.05, 4.69) is 5.32 Å². The van der Waals surface area contributed by atoms with Crippen LogP contribution in [0.4, 0.5) is 4.79 Å². The summed E-state index contributed by atoms with van der Waals surface area (Å²) in [7, 11) is 0. The number of ether oxygens (including phenoxy) is 2. The average Bonchev–Trinajstić information content (AvgIpc) is 3.33. The number of aliphatic hydroxyl groups excluding tert-OH is 1. The van der Waals surface area contributed by atoms with E-state index >= 15 is 0 Å². The zero-order valence-corrected chi connectivity index (χ0v) is 13.5. The number of alkyl carbamates (subject to hydrolysis) is 1. The summed E-state index contributed by atoms with van der Waals surface area (Å²) >= 11 is 0. The molecule has 2 rings (SSSR count). The van der Waals surface area contributed by atoms with Crippen molar-refractivity contribution in [1.82, 2.24) is 5.32 Å². The van der Waals surface area contributed by atoms with Crippen molar-refractivity contribution >= 4 is 11.9 Å². The van der Waals surface area contributed by atoms with E-state index in [1.165, 1.54) is 0 Å². The Morgan fingerprint density at radius 1 is 1.35 bits per heavy atom. The Kier molecular flexibility index (Phi) is 5.74. The predicted molar refractivity (Wildman–Crippen MR) is 83.8 cm³/mol. The summed E-state index contributed by atoms with van der Waals surface area (Å²) in [6.45, 7) is 3.86. The molecule has 1 heterocycles. The first-order valence-corrected chi connectivity index (χ1v) is 7.73. The number of Topliss-reactive ketones (excluding diaryl/α,β-unsaturated/α-hetero) is 1. The molecule has 1 saturated heterocycles. The highest BCUT2D eigenvalue weighted by Crippen LogP contribution is 2.30. The van der Waals surface area contributed by atoms with E-state index < -0.39 is 17.7 Å². The van der Waals surface area contributed by atoms with Crippen LogP contribution in [0.25, 0.3) is 0 Å². The zero-order chi connectivity index (χ0) is 16.9. The second-order valence-corrected chi connectivity index (χ2v) is 6.19. The van der Waals surface area contributed by atoms with Crippen molar-refractivity contribution in [2.75, 3.05) is 13.2 Å². The van der Waals surface area contributed by atoms with Gasteiger partial charge >= 0.3 is 6.09 Å². The van der Waals surface area contributed by atoms with Crippen molar-refractivity contribution in [3.8, 4) is 0 Å². The molecule has 0 aromatic heterocycles. The van der Waals surface area contributed by atoms with Crippen LogP contribution in [0.3, 0.4) is 0 Å². The monoisotopic (exact) mass is 321 g/mol. The van der Waals surface area contributed by atoms with Gasteiger partial charge in [-0.1, -0.05) is 44.2 Å². The number of hydrogen-bond donors (Lipinski definition) is 2. The molecule has 2 atom stereocenters. The minimum absolute atomic E-state index is 0.136. The first kappa shape index (κ1) is 17.4. The highest BCUT2D eigenvalue weighted by atomic mass is 16.6. The van der Waals surface area contributed by atoms with Gasteiger partial charge in [0.25, 0.3) is 0 Å². The normalized spacial score (nSPS) is 20.9. The number of ketones is 1. The highest BCUT2D eigenvalue weighted by Gasteiger charge is 2.54. The Labute approximate surface area is 135 Å². The van der Waals surface area contributed by atoms with Gasteiger partial charge in [0.15, 0.2) is 11.4 Å². The van der Waals surface area contributed by atoms with Gasteiger partial charge < -0.3 is 19.9 Å². The summed E-state index contributed by atoms with van der Waals surface area (Å²) < 4.78 is 10.2. The van der Waals surface area contributed by atoms with Gasteiger partial charge in [-0.2, -0.15) is 0 Å². The third kappa shape index (κ3) is 4.77. The average molecular weight is 321 g/mol. The van der Waals surface area contributed by atoms with Crippen LogP contribution in [0.5, 0.6) is 0 Å². The lowest BCUT2D eigenvalue weighted by atomic mass is 9.93. The van der Waals surface area contributed by atoms with Gasteiger partial charge in [-0.25, -0.2) is 4.79 Å². The number of hydrogen-bond acceptors (Lipinski definition) is 5. The number of nitrogens with one attached hydrogen (secondary N) is 1. The van der Waals surface area contributed by atoms with Crippen LogP contribution >= 0.6 is 0 Å². The summed E-state index contributed by atoms with van der Waals surface area (Å²) in [6, 6.07) is 8.57. The molecule has 126 valence electrons. The molecule has 1 aromatic carbocycles. The topological polar surface area (TPSA) is 88.2 Å². The van der Waals surface area contributed by atoms with E-state index in [9.17, 15) is 14.7 Å². The van der Waals surface area contributed by atoms with E-state index in [1.54, 1.807) is 0 Å². The molecule has 1 aliphatic heterocycles. The maximum Gasteiger partial charge on any atom is 0.408 e. The SMILES string of the molecule is CC(C)CC(NC(=O)OCc1ccccc1)C(=O)[C@@]1(CO)CO1. The first-order chi connectivity index (χ1) is 11.0. The molecule has 1 amide bonds. The second-order valence-electron chi connectivity index (χ2n) is 6.19. The maximum atomic E-state index is 12.4. The number of rotatable bonds is 8. The molecule has 1 fully saturated rings. The predicted octanol–water partition coefficient (Wildman–Crippen LogP) is 1.66. The van der Waals surface area contributed by atoms with E-state index in [4.69, 9.17) is 9.47 Å². The van der Waals surface area contributed by atoms with Crippen LogP contribution in [0, 0.1) is 5.92 Å². The molecule has 0 spiro atoms. The molecule has 1 unspecified atom stereocenters. The van der Waals surface area contributed by atoms with E-state index in [0.717, 1.165) is 5.56 Å². The minimum atomic E-state index is -1.15. The molecule has 1 aliphatic rings. The lowest BCUT2D eigenvalue weighted by Gasteiger charge is -2.21. The largest absolute Gasteiger partial charge is 0.445 e. The molecule has 23 heavy (non-hydrogen) atoms. The summed E-state index contributed by atoms with van der Waals surface area (Å²) in [6.07, 6.45) is -0.189. The summed E-state index contributed by atoms with van der Waals surface area (Å²) in [5, 5.41) is 11.9. The Balaban J connectivity index is 1.91. The summed E-state index contributed by atoms with van der Waals surface area (Å²) in [5.41, 5.74) is -0.279. The zero-order valence-electron chi connectivity index (χ0n) is 13.5. The van der Waals surface area contributed by atoms with Gasteiger partial charge in [0, 0.05) is 0 Å². The van der Waals surface area contributed by atoms with Gasteiger partial charge in [0.05, 0.1) is 19.3 Å². The molecule has 0 aliphatic carbocycles. The lowest BCUT2D eigenvalue weighted by molar-refractivity contribution is -0.127. The quantitative estimate of drug-likeness (QED) is 0.711. The molecule has 1 aromatic rings. The fourth-order valence-electron chi connectivity index (χ4n) is 2.33. The number of carbonyl (C=O) groups is 2. The Hall–Kier alpha value is -1.92. The second kappa shape index (κ2) is 7.57. The molecule has 6 nitrogen and oxygen atoms in total. The van der Waals surface area contributed by atoms with Crippen LogP contribution in [0.1, 0.15) is 25.8 Å². The maximum absolute atomic E-state index is 12.4. The molecular weight excluding hydrogens is 298 g/mol. The molecule has 2 N–H and O–H groups in total. The fraction of sp³-hybridized carbons (Fsp3) is 0.529. The van der Waals surface area contributed by atoms with Crippen LogP contribution in [-0.2, 0) is 20.9 Å². The van der Waals surface area contributed by atoms with E-state index in [-0.39, 0.29) is 31.5 Å². The fourth-order valence-corrected chi connectivity index (χ4v) is 2.33. The Morgan fingerprint density at radius 2 is 2.00 bits per heavy atom. The van der Waals surface area contributed by atoms with Crippen LogP contribution in [0.2, 0.25) is 0 Å². The Bertz CT molecular complexity index is 539. The number of aliphatic hydroxyl groups is 1. The number of epoxide rings is 1. The van der Waals surface area contributed by atoms with Gasteiger partial charge in [-0.3, -0.25) is 4.79 Å². The van der Waals surface area contributed by atoms with Crippen LogP contribution < -0.4 is 5.32 Å². The molecule has 0 radical (unpaired) electrons. The van der Waals surface area contributed by atoms with Crippen molar-refractivity contribution in [3.05, 3.63) is 35.9 Å². The van der Waals surface area contributed by atoms with Gasteiger partial charge in [0.2, 0.25) is 0 Å². The van der Waals surface area contributed by atoms with Crippen molar-refractivity contribution in [2.24, 2.45) is 5.92 Å². The van der Waals surface area contributed by atoms with Crippen molar-refractivity contribution in [2.45, 2.75) is 38.5 Å². The van der Waals surface area contributed by atoms with E-state index in [1.807, 2.05) is 44.2 Å². The number of carbonyl (C=O) groups excluding carboxylic acids is 2. The highest BCUT2D eigenvalue weighted by molar-refractivity contribution is 5.96. The minimum Gasteiger partial charge on any atom is -0.445 e. The molecular formula is C17H23NO5. The summed E-state index contributed by atoms with van der Waals surface area (Å²) in [4.78, 5) is 24.4. The standard InChI is InChI=1S/C17H23NO5/c1-12(2)8-14(15(20)17(10-19)11-23-17)18-16(21)22-9-13-6-4-3-5-7-13/h3-7,12,14,19H,8-11H2,1-2H3,(H,18,21)/t14?,17-/m1/s1. The van der Waals surface area contributed by atoms with Crippen molar-refractivity contribution in [1.29, 1.82) is 0 Å². The Morgan fingerprint density at radius 3 is 2.52 bits per heavy atom. The van der Waals surface area contributed by atoms with Crippen LogP contribution in [-0.4, -0.2) is 41.8 Å². The number of amides is 1. The lowest BCUT2D eigenvalue weighted by Crippen LogP contribution is -2.48. The number of benzene rings is 1. The van der Waals surface area contributed by atoms with Crippen molar-refractivity contribution in [3.63, 3.8) is 0 Å². The summed E-state index contributed by atoms with van der Waals surface area (Å²) in [5.74, 6) is -0.0989. The third-order valence-electron chi connectivity index (χ3n) is 3.73. The van der Waals surface area contributed by atoms with Gasteiger partial charge in [-0.15, -0.1) is 0 Å². The smallest absolute Gasteiger partial charge is 0.408 e. The van der Waals surface area contributed by atoms with Crippen LogP contribution in [0.15, 0.2) is 30.3 Å². The molecule has 6 heteroatoms. The first-order valence-electron chi connectivity index (χ1n) is 7.73. The van der Waals surface area contributed by atoms with Crippen molar-refractivity contribution < 1.29 is 24.2 Å². The van der Waals surface area contributed by atoms with Gasteiger partial charge in [-0.05, 0) is 17.9 Å². The molecule has 0 saturated carbocycles. The molecule has 0 bridgehead atoms. The van der Waals surface area contributed by atoms with E-state index in [0.29, 0.717) is 6.42 Å².